The predicted octanol–water partition coefficient (Wildman–Crippen LogP) is 4.40. The molecule has 2 aliphatic heterocycles. The molecule has 2 aromatic heterocycles. The lowest BCUT2D eigenvalue weighted by Gasteiger charge is -2.38. The van der Waals surface area contributed by atoms with Gasteiger partial charge in [-0.2, -0.15) is 0 Å². The maximum atomic E-state index is 13.4. The van der Waals surface area contributed by atoms with Gasteiger partial charge in [-0.05, 0) is 61.9 Å². The van der Waals surface area contributed by atoms with Crippen LogP contribution >= 0.6 is 11.6 Å². The zero-order valence-corrected chi connectivity index (χ0v) is 17.9. The number of ether oxygens (including phenoxy) is 1. The zero-order valence-electron chi connectivity index (χ0n) is 17.2. The van der Waals surface area contributed by atoms with Gasteiger partial charge in [0.25, 0.3) is 0 Å². The summed E-state index contributed by atoms with van der Waals surface area (Å²) in [5, 5.41) is 0.683. The van der Waals surface area contributed by atoms with Crippen LogP contribution in [0.1, 0.15) is 49.5 Å². The molecule has 31 heavy (non-hydrogen) atoms. The van der Waals surface area contributed by atoms with Crippen molar-refractivity contribution in [3.8, 4) is 0 Å². The van der Waals surface area contributed by atoms with Crippen LogP contribution in [0.25, 0.3) is 11.0 Å². The number of nitrogens with zero attached hydrogens (tertiary/aromatic N) is 4. The minimum atomic E-state index is -0.320. The SMILES string of the molecule is O=C1N(Cc2nc3cc(Cl)ccc3n2C2CCC3(COC3)C2)c2cnccc2C12CC2. The Morgan fingerprint density at radius 2 is 2.06 bits per heavy atom. The smallest absolute Gasteiger partial charge is 0.238 e. The molecule has 0 radical (unpaired) electrons. The van der Waals surface area contributed by atoms with Gasteiger partial charge in [0.05, 0.1) is 48.1 Å². The van der Waals surface area contributed by atoms with Crippen molar-refractivity contribution in [2.45, 2.75) is 50.1 Å². The molecule has 2 spiro atoms. The number of hydrogen-bond acceptors (Lipinski definition) is 4. The van der Waals surface area contributed by atoms with Gasteiger partial charge in [0.2, 0.25) is 5.91 Å². The topological polar surface area (TPSA) is 60.2 Å². The van der Waals surface area contributed by atoms with E-state index in [0.717, 1.165) is 67.0 Å². The molecule has 2 aliphatic carbocycles. The third-order valence-electron chi connectivity index (χ3n) is 7.89. The number of hydrogen-bond donors (Lipinski definition) is 0. The highest BCUT2D eigenvalue weighted by molar-refractivity contribution is 6.31. The number of carbonyl (C=O) groups is 1. The summed E-state index contributed by atoms with van der Waals surface area (Å²) in [4.78, 5) is 24.6. The van der Waals surface area contributed by atoms with Gasteiger partial charge in [0.1, 0.15) is 5.82 Å². The Bertz CT molecular complexity index is 1240. The zero-order chi connectivity index (χ0) is 20.8. The van der Waals surface area contributed by atoms with Crippen molar-refractivity contribution in [3.05, 3.63) is 53.1 Å². The Kier molecular flexibility index (Phi) is 3.56. The number of pyridine rings is 1. The lowest BCUT2D eigenvalue weighted by Crippen LogP contribution is -2.40. The molecule has 0 N–H and O–H groups in total. The Balaban J connectivity index is 1.32. The molecule has 158 valence electrons. The van der Waals surface area contributed by atoms with Gasteiger partial charge in [0, 0.05) is 22.7 Å². The van der Waals surface area contributed by atoms with E-state index in [2.05, 4.69) is 15.6 Å². The summed E-state index contributed by atoms with van der Waals surface area (Å²) in [7, 11) is 0. The number of benzene rings is 1. The molecule has 1 amide bonds. The minimum absolute atomic E-state index is 0.197. The number of rotatable bonds is 3. The largest absolute Gasteiger partial charge is 0.380 e. The first-order valence-electron chi connectivity index (χ1n) is 11.1. The first kappa shape index (κ1) is 18.2. The molecular weight excluding hydrogens is 412 g/mol. The fourth-order valence-electron chi connectivity index (χ4n) is 6.09. The van der Waals surface area contributed by atoms with E-state index in [1.165, 1.54) is 6.42 Å². The second kappa shape index (κ2) is 6.08. The standard InChI is InChI=1S/C24H23ClN4O2/c25-15-1-2-19-18(9-15)27-21(29(19)16-3-5-23(10-16)13-31-14-23)12-28-20-11-26-8-4-17(20)24(6-7-24)22(28)30/h1-2,4,8-9,11,16H,3,5-7,10,12-14H2. The number of carbonyl (C=O) groups excluding carboxylic acids is 1. The molecule has 1 aromatic carbocycles. The highest BCUT2D eigenvalue weighted by Crippen LogP contribution is 2.57. The predicted molar refractivity (Wildman–Crippen MR) is 117 cm³/mol. The highest BCUT2D eigenvalue weighted by atomic mass is 35.5. The Hall–Kier alpha value is -2.44. The molecule has 1 atom stereocenters. The number of anilines is 1. The second-order valence-corrected chi connectivity index (χ2v) is 10.2. The van der Waals surface area contributed by atoms with E-state index in [9.17, 15) is 4.79 Å². The molecule has 7 heteroatoms. The summed E-state index contributed by atoms with van der Waals surface area (Å²) in [5.74, 6) is 1.13. The fourth-order valence-corrected chi connectivity index (χ4v) is 6.25. The minimum Gasteiger partial charge on any atom is -0.380 e. The lowest BCUT2D eigenvalue weighted by atomic mass is 9.84. The third kappa shape index (κ3) is 2.46. The molecule has 4 aliphatic rings. The normalized spacial score (nSPS) is 24.9. The molecule has 3 aromatic rings. The van der Waals surface area contributed by atoms with Crippen LogP contribution in [-0.4, -0.2) is 33.7 Å². The van der Waals surface area contributed by atoms with Crippen molar-refractivity contribution < 1.29 is 9.53 Å². The van der Waals surface area contributed by atoms with Crippen LogP contribution < -0.4 is 4.90 Å². The number of fused-ring (bicyclic) bond motifs is 3. The van der Waals surface area contributed by atoms with Gasteiger partial charge in [-0.1, -0.05) is 11.6 Å². The average Bonchev–Trinajstić information content (AvgIpc) is 3.21. The van der Waals surface area contributed by atoms with Crippen molar-refractivity contribution >= 4 is 34.2 Å². The van der Waals surface area contributed by atoms with Crippen LogP contribution in [-0.2, 0) is 21.5 Å². The monoisotopic (exact) mass is 434 g/mol. The van der Waals surface area contributed by atoms with E-state index >= 15 is 0 Å². The molecule has 3 fully saturated rings. The lowest BCUT2D eigenvalue weighted by molar-refractivity contribution is -0.120. The number of imidazole rings is 1. The molecular formula is C24H23ClN4O2. The first-order chi connectivity index (χ1) is 15.1. The number of halogens is 1. The van der Waals surface area contributed by atoms with Crippen LogP contribution in [0.3, 0.4) is 0 Å². The Morgan fingerprint density at radius 1 is 1.19 bits per heavy atom. The highest BCUT2D eigenvalue weighted by Gasteiger charge is 2.59. The van der Waals surface area contributed by atoms with Crippen LogP contribution in [0.4, 0.5) is 5.69 Å². The molecule has 6 nitrogen and oxygen atoms in total. The third-order valence-corrected chi connectivity index (χ3v) is 8.13. The van der Waals surface area contributed by atoms with Crippen LogP contribution in [0.15, 0.2) is 36.7 Å². The summed E-state index contributed by atoms with van der Waals surface area (Å²) in [5.41, 5.74) is 4.07. The van der Waals surface area contributed by atoms with Gasteiger partial charge in [-0.25, -0.2) is 4.98 Å². The van der Waals surface area contributed by atoms with E-state index in [0.29, 0.717) is 23.0 Å². The molecule has 7 rings (SSSR count). The first-order valence-corrected chi connectivity index (χ1v) is 11.5. The van der Waals surface area contributed by atoms with Gasteiger partial charge in [0.15, 0.2) is 0 Å². The van der Waals surface area contributed by atoms with E-state index in [4.69, 9.17) is 21.3 Å². The Morgan fingerprint density at radius 3 is 2.81 bits per heavy atom. The summed E-state index contributed by atoms with van der Waals surface area (Å²) < 4.78 is 7.92. The van der Waals surface area contributed by atoms with Gasteiger partial charge in [-0.15, -0.1) is 0 Å². The number of aromatic nitrogens is 3. The van der Waals surface area contributed by atoms with Gasteiger partial charge < -0.3 is 14.2 Å². The van der Waals surface area contributed by atoms with Crippen molar-refractivity contribution in [3.63, 3.8) is 0 Å². The van der Waals surface area contributed by atoms with Crippen LogP contribution in [0.5, 0.6) is 0 Å². The molecule has 1 unspecified atom stereocenters. The van der Waals surface area contributed by atoms with E-state index in [1.54, 1.807) is 6.20 Å². The van der Waals surface area contributed by atoms with Gasteiger partial charge >= 0.3 is 0 Å². The van der Waals surface area contributed by atoms with Crippen molar-refractivity contribution in [1.29, 1.82) is 0 Å². The van der Waals surface area contributed by atoms with E-state index in [1.807, 2.05) is 29.3 Å². The van der Waals surface area contributed by atoms with E-state index < -0.39 is 0 Å². The molecule has 1 saturated heterocycles. The summed E-state index contributed by atoms with van der Waals surface area (Å²) >= 11 is 6.28. The van der Waals surface area contributed by atoms with Crippen LogP contribution in [0, 0.1) is 5.41 Å². The average molecular weight is 435 g/mol. The van der Waals surface area contributed by atoms with Crippen molar-refractivity contribution in [2.24, 2.45) is 5.41 Å². The van der Waals surface area contributed by atoms with E-state index in [-0.39, 0.29) is 11.3 Å². The molecule has 4 heterocycles. The fraction of sp³-hybridized carbons (Fsp3) is 0.458. The summed E-state index contributed by atoms with van der Waals surface area (Å²) in [6.07, 6.45) is 8.88. The van der Waals surface area contributed by atoms with Crippen molar-refractivity contribution in [1.82, 2.24) is 14.5 Å². The summed E-state index contributed by atoms with van der Waals surface area (Å²) in [6, 6.07) is 8.31. The second-order valence-electron chi connectivity index (χ2n) is 9.79. The Labute approximate surface area is 185 Å². The number of amides is 1. The molecule has 0 bridgehead atoms. The maximum Gasteiger partial charge on any atom is 0.238 e. The van der Waals surface area contributed by atoms with Crippen molar-refractivity contribution in [2.75, 3.05) is 18.1 Å². The summed E-state index contributed by atoms with van der Waals surface area (Å²) in [6.45, 7) is 2.19. The quantitative estimate of drug-likeness (QED) is 0.612. The molecule has 2 saturated carbocycles. The van der Waals surface area contributed by atoms with Crippen LogP contribution in [0.2, 0.25) is 5.02 Å². The maximum absolute atomic E-state index is 13.4. The van der Waals surface area contributed by atoms with Gasteiger partial charge in [-0.3, -0.25) is 9.78 Å².